The number of nitrogens with one attached hydrogen (secondary N) is 2. The van der Waals surface area contributed by atoms with Crippen molar-refractivity contribution in [3.63, 3.8) is 0 Å². The molecule has 1 atom stereocenters. The van der Waals surface area contributed by atoms with Gasteiger partial charge in [-0.15, -0.1) is 0 Å². The summed E-state index contributed by atoms with van der Waals surface area (Å²) >= 11 is 0. The third-order valence-electron chi connectivity index (χ3n) is 6.10. The van der Waals surface area contributed by atoms with Crippen molar-refractivity contribution in [2.45, 2.75) is 49.8 Å². The van der Waals surface area contributed by atoms with Crippen LogP contribution in [0, 0.1) is 0 Å². The highest BCUT2D eigenvalue weighted by atomic mass is 32.2. The van der Waals surface area contributed by atoms with Gasteiger partial charge < -0.3 is 10.1 Å². The van der Waals surface area contributed by atoms with Crippen molar-refractivity contribution in [2.75, 3.05) is 26.2 Å². The molecular formula is C24H31N3O4S. The van der Waals surface area contributed by atoms with Gasteiger partial charge in [-0.1, -0.05) is 24.3 Å². The first-order valence-corrected chi connectivity index (χ1v) is 12.8. The van der Waals surface area contributed by atoms with Gasteiger partial charge in [0.05, 0.1) is 11.0 Å². The summed E-state index contributed by atoms with van der Waals surface area (Å²) in [7, 11) is -3.63. The number of ether oxygens (including phenoxy) is 1. The Morgan fingerprint density at radius 1 is 1.00 bits per heavy atom. The summed E-state index contributed by atoms with van der Waals surface area (Å²) in [5, 5.41) is 2.96. The second-order valence-corrected chi connectivity index (χ2v) is 10.2. The fraction of sp³-hybridized carbons (Fsp3) is 0.458. The van der Waals surface area contributed by atoms with E-state index in [0.717, 1.165) is 38.0 Å². The highest BCUT2D eigenvalue weighted by Gasteiger charge is 2.20. The number of carbonyl (C=O) groups excluding carboxylic acids is 1. The molecule has 2 N–H and O–H groups in total. The number of hydrogen-bond acceptors (Lipinski definition) is 5. The maximum Gasteiger partial charge on any atom is 0.251 e. The number of carbonyl (C=O) groups is 1. The van der Waals surface area contributed by atoms with Crippen LogP contribution in [0.2, 0.25) is 0 Å². The van der Waals surface area contributed by atoms with Crippen LogP contribution in [-0.4, -0.2) is 51.6 Å². The zero-order valence-electron chi connectivity index (χ0n) is 18.3. The second kappa shape index (κ2) is 10.6. The van der Waals surface area contributed by atoms with E-state index in [1.165, 1.54) is 30.5 Å². The van der Waals surface area contributed by atoms with Gasteiger partial charge in [-0.25, -0.2) is 13.1 Å². The number of nitrogens with zero attached hydrogens (tertiary/aromatic N) is 1. The molecule has 0 aromatic heterocycles. The number of amides is 1. The highest BCUT2D eigenvalue weighted by Crippen LogP contribution is 2.17. The molecule has 8 heteroatoms. The van der Waals surface area contributed by atoms with Crippen LogP contribution in [0.4, 0.5) is 0 Å². The molecule has 0 bridgehead atoms. The molecule has 2 heterocycles. The minimum Gasteiger partial charge on any atom is -0.377 e. The van der Waals surface area contributed by atoms with Crippen molar-refractivity contribution in [1.82, 2.24) is 14.9 Å². The standard InChI is InChI=1S/C24H31N3O4S/c28-24(25-16-20-6-1-2-7-21(20)18-27-13-3-4-14-27)19-9-11-23(12-10-19)32(29,30)26-17-22-8-5-15-31-22/h1-2,6-7,9-12,22,26H,3-5,8,13-18H2,(H,25,28). The lowest BCUT2D eigenvalue weighted by Gasteiger charge is -2.17. The van der Waals surface area contributed by atoms with E-state index in [-0.39, 0.29) is 23.5 Å². The minimum absolute atomic E-state index is 0.0665. The molecule has 172 valence electrons. The van der Waals surface area contributed by atoms with Crippen LogP contribution in [0.15, 0.2) is 53.4 Å². The number of hydrogen-bond donors (Lipinski definition) is 2. The molecule has 4 rings (SSSR count). The minimum atomic E-state index is -3.63. The fourth-order valence-corrected chi connectivity index (χ4v) is 5.29. The summed E-state index contributed by atoms with van der Waals surface area (Å²) in [6.07, 6.45) is 4.24. The Hall–Kier alpha value is -2.26. The van der Waals surface area contributed by atoms with E-state index < -0.39 is 10.0 Å². The number of likely N-dealkylation sites (tertiary alicyclic amines) is 1. The molecule has 2 aromatic rings. The van der Waals surface area contributed by atoms with Gasteiger partial charge in [-0.2, -0.15) is 0 Å². The average Bonchev–Trinajstić information content (AvgIpc) is 3.51. The molecule has 1 unspecified atom stereocenters. The molecule has 2 aliphatic rings. The maximum atomic E-state index is 12.6. The first-order valence-electron chi connectivity index (χ1n) is 11.3. The van der Waals surface area contributed by atoms with Gasteiger partial charge in [0.15, 0.2) is 0 Å². The zero-order chi connectivity index (χ0) is 22.4. The van der Waals surface area contributed by atoms with E-state index in [0.29, 0.717) is 18.7 Å². The molecule has 1 amide bonds. The predicted octanol–water partition coefficient (Wildman–Crippen LogP) is 2.67. The zero-order valence-corrected chi connectivity index (χ0v) is 19.1. The first kappa shape index (κ1) is 22.9. The Kier molecular flexibility index (Phi) is 7.57. The normalized spacial score (nSPS) is 19.3. The van der Waals surface area contributed by atoms with E-state index in [1.54, 1.807) is 12.1 Å². The summed E-state index contributed by atoms with van der Waals surface area (Å²) in [4.78, 5) is 15.2. The smallest absolute Gasteiger partial charge is 0.251 e. The summed E-state index contributed by atoms with van der Waals surface area (Å²) < 4.78 is 33.0. The maximum absolute atomic E-state index is 12.6. The third-order valence-corrected chi connectivity index (χ3v) is 7.54. The van der Waals surface area contributed by atoms with Gasteiger partial charge >= 0.3 is 0 Å². The van der Waals surface area contributed by atoms with Crippen LogP contribution < -0.4 is 10.0 Å². The van der Waals surface area contributed by atoms with E-state index in [1.807, 2.05) is 18.2 Å². The lowest BCUT2D eigenvalue weighted by Crippen LogP contribution is -2.31. The van der Waals surface area contributed by atoms with Crippen LogP contribution >= 0.6 is 0 Å². The lowest BCUT2D eigenvalue weighted by atomic mass is 10.1. The molecule has 2 fully saturated rings. The molecule has 7 nitrogen and oxygen atoms in total. The Balaban J connectivity index is 1.33. The molecule has 0 saturated carbocycles. The van der Waals surface area contributed by atoms with E-state index in [2.05, 4.69) is 21.0 Å². The summed E-state index contributed by atoms with van der Waals surface area (Å²) in [5.41, 5.74) is 2.76. The van der Waals surface area contributed by atoms with Crippen molar-refractivity contribution in [3.8, 4) is 0 Å². The second-order valence-electron chi connectivity index (χ2n) is 8.45. The molecule has 0 aliphatic carbocycles. The van der Waals surface area contributed by atoms with Crippen molar-refractivity contribution >= 4 is 15.9 Å². The molecule has 2 saturated heterocycles. The summed E-state index contributed by atoms with van der Waals surface area (Å²) in [6, 6.07) is 14.2. The molecule has 0 radical (unpaired) electrons. The van der Waals surface area contributed by atoms with Crippen LogP contribution in [-0.2, 0) is 27.8 Å². The van der Waals surface area contributed by atoms with Crippen LogP contribution in [0.25, 0.3) is 0 Å². The van der Waals surface area contributed by atoms with Crippen LogP contribution in [0.5, 0.6) is 0 Å². The fourth-order valence-electron chi connectivity index (χ4n) is 4.22. The largest absolute Gasteiger partial charge is 0.377 e. The Labute approximate surface area is 190 Å². The molecular weight excluding hydrogens is 426 g/mol. The van der Waals surface area contributed by atoms with Crippen molar-refractivity contribution in [2.24, 2.45) is 0 Å². The topological polar surface area (TPSA) is 87.7 Å². The van der Waals surface area contributed by atoms with Crippen molar-refractivity contribution in [1.29, 1.82) is 0 Å². The number of rotatable bonds is 9. The summed E-state index contributed by atoms with van der Waals surface area (Å²) in [6.45, 7) is 4.53. The van der Waals surface area contributed by atoms with Gasteiger partial charge in [0.25, 0.3) is 5.91 Å². The SMILES string of the molecule is O=C(NCc1ccccc1CN1CCCC1)c1ccc(S(=O)(=O)NCC2CCCO2)cc1. The monoisotopic (exact) mass is 457 g/mol. The van der Waals surface area contributed by atoms with Gasteiger partial charge in [0.2, 0.25) is 10.0 Å². The highest BCUT2D eigenvalue weighted by molar-refractivity contribution is 7.89. The van der Waals surface area contributed by atoms with E-state index in [4.69, 9.17) is 4.74 Å². The first-order chi connectivity index (χ1) is 15.5. The van der Waals surface area contributed by atoms with E-state index in [9.17, 15) is 13.2 Å². The number of sulfonamides is 1. The van der Waals surface area contributed by atoms with Crippen LogP contribution in [0.3, 0.4) is 0 Å². The Morgan fingerprint density at radius 3 is 2.41 bits per heavy atom. The molecule has 32 heavy (non-hydrogen) atoms. The van der Waals surface area contributed by atoms with Crippen molar-refractivity contribution < 1.29 is 17.9 Å². The Morgan fingerprint density at radius 2 is 1.72 bits per heavy atom. The van der Waals surface area contributed by atoms with Gasteiger partial charge in [-0.05, 0) is 74.2 Å². The third kappa shape index (κ3) is 5.95. The molecule has 2 aromatic carbocycles. The Bertz CT molecular complexity index is 1010. The summed E-state index contributed by atoms with van der Waals surface area (Å²) in [5.74, 6) is -0.225. The number of benzene rings is 2. The quantitative estimate of drug-likeness (QED) is 0.605. The molecule has 2 aliphatic heterocycles. The molecule has 0 spiro atoms. The van der Waals surface area contributed by atoms with Crippen molar-refractivity contribution in [3.05, 3.63) is 65.2 Å². The van der Waals surface area contributed by atoms with Crippen LogP contribution in [0.1, 0.15) is 47.2 Å². The average molecular weight is 458 g/mol. The predicted molar refractivity (Wildman–Crippen MR) is 123 cm³/mol. The lowest BCUT2D eigenvalue weighted by molar-refractivity contribution is 0.0950. The van der Waals surface area contributed by atoms with Gasteiger partial charge in [-0.3, -0.25) is 9.69 Å². The van der Waals surface area contributed by atoms with Gasteiger partial charge in [0.1, 0.15) is 0 Å². The van der Waals surface area contributed by atoms with E-state index >= 15 is 0 Å². The van der Waals surface area contributed by atoms with Gasteiger partial charge in [0, 0.05) is 31.8 Å².